The van der Waals surface area contributed by atoms with E-state index in [1.165, 1.54) is 7.11 Å². The van der Waals surface area contributed by atoms with Crippen LogP contribution in [0.5, 0.6) is 11.5 Å². The lowest BCUT2D eigenvalue weighted by atomic mass is 10.1. The van der Waals surface area contributed by atoms with E-state index in [1.807, 2.05) is 0 Å². The van der Waals surface area contributed by atoms with Crippen LogP contribution in [0.4, 0.5) is 0 Å². The lowest BCUT2D eigenvalue weighted by Crippen LogP contribution is -2.26. The predicted molar refractivity (Wildman–Crippen MR) is 82.5 cm³/mol. The highest BCUT2D eigenvalue weighted by atomic mass is 16.5. The molecular formula is C16H23NO5. The van der Waals surface area contributed by atoms with Gasteiger partial charge in [-0.1, -0.05) is 13.8 Å². The summed E-state index contributed by atoms with van der Waals surface area (Å²) in [7, 11) is 1.51. The van der Waals surface area contributed by atoms with E-state index in [2.05, 4.69) is 19.2 Å². The molecule has 0 aliphatic heterocycles. The number of benzene rings is 1. The molecule has 0 atom stereocenters. The molecule has 0 aliphatic rings. The SMILES string of the molecule is COc1cc(C(=O)NCCC(=O)O)ccc1OCCC(C)C. The Bertz CT molecular complexity index is 513. The van der Waals surface area contributed by atoms with Crippen LogP contribution in [0.1, 0.15) is 37.0 Å². The molecule has 0 radical (unpaired) electrons. The summed E-state index contributed by atoms with van der Waals surface area (Å²) in [4.78, 5) is 22.3. The maximum atomic E-state index is 11.9. The normalized spacial score (nSPS) is 10.4. The van der Waals surface area contributed by atoms with E-state index in [9.17, 15) is 9.59 Å². The van der Waals surface area contributed by atoms with Gasteiger partial charge in [-0.2, -0.15) is 0 Å². The molecule has 0 spiro atoms. The number of ether oxygens (including phenoxy) is 2. The molecule has 2 N–H and O–H groups in total. The molecule has 0 saturated heterocycles. The van der Waals surface area contributed by atoms with E-state index in [1.54, 1.807) is 18.2 Å². The monoisotopic (exact) mass is 309 g/mol. The minimum atomic E-state index is -0.952. The number of methoxy groups -OCH3 is 1. The smallest absolute Gasteiger partial charge is 0.305 e. The van der Waals surface area contributed by atoms with Gasteiger partial charge < -0.3 is 19.9 Å². The van der Waals surface area contributed by atoms with Crippen molar-refractivity contribution in [3.8, 4) is 11.5 Å². The van der Waals surface area contributed by atoms with E-state index >= 15 is 0 Å². The summed E-state index contributed by atoms with van der Waals surface area (Å²) in [5.41, 5.74) is 0.401. The average Bonchev–Trinajstić information content (AvgIpc) is 2.46. The fourth-order valence-corrected chi connectivity index (χ4v) is 1.72. The van der Waals surface area contributed by atoms with Crippen LogP contribution >= 0.6 is 0 Å². The molecule has 22 heavy (non-hydrogen) atoms. The number of carboxylic acid groups (broad SMARTS) is 1. The number of carboxylic acids is 1. The second-order valence-electron chi connectivity index (χ2n) is 5.30. The molecule has 0 fully saturated rings. The molecule has 0 aliphatic carbocycles. The lowest BCUT2D eigenvalue weighted by Gasteiger charge is -2.13. The van der Waals surface area contributed by atoms with Gasteiger partial charge in [-0.05, 0) is 30.5 Å². The van der Waals surface area contributed by atoms with Crippen molar-refractivity contribution in [2.24, 2.45) is 5.92 Å². The predicted octanol–water partition coefficient (Wildman–Crippen LogP) is 2.32. The van der Waals surface area contributed by atoms with Crippen LogP contribution in [0.15, 0.2) is 18.2 Å². The van der Waals surface area contributed by atoms with Gasteiger partial charge in [-0.3, -0.25) is 9.59 Å². The Hall–Kier alpha value is -2.24. The van der Waals surface area contributed by atoms with Crippen LogP contribution < -0.4 is 14.8 Å². The lowest BCUT2D eigenvalue weighted by molar-refractivity contribution is -0.136. The highest BCUT2D eigenvalue weighted by Gasteiger charge is 2.11. The second kappa shape index (κ2) is 8.92. The van der Waals surface area contributed by atoms with Crippen LogP contribution in [-0.4, -0.2) is 37.2 Å². The fourth-order valence-electron chi connectivity index (χ4n) is 1.72. The van der Waals surface area contributed by atoms with E-state index in [-0.39, 0.29) is 18.9 Å². The summed E-state index contributed by atoms with van der Waals surface area (Å²) >= 11 is 0. The van der Waals surface area contributed by atoms with Crippen molar-refractivity contribution >= 4 is 11.9 Å². The molecule has 0 heterocycles. The van der Waals surface area contributed by atoms with E-state index in [0.717, 1.165) is 6.42 Å². The third-order valence-corrected chi connectivity index (χ3v) is 3.00. The number of carbonyl (C=O) groups is 2. The van der Waals surface area contributed by atoms with E-state index < -0.39 is 5.97 Å². The van der Waals surface area contributed by atoms with Crippen molar-refractivity contribution < 1.29 is 24.2 Å². The number of rotatable bonds is 9. The molecule has 0 bridgehead atoms. The number of hydrogen-bond donors (Lipinski definition) is 2. The van der Waals surface area contributed by atoms with Crippen LogP contribution in [0.2, 0.25) is 0 Å². The molecule has 1 aromatic carbocycles. The molecule has 1 aromatic rings. The summed E-state index contributed by atoms with van der Waals surface area (Å²) in [6.45, 7) is 4.90. The minimum absolute atomic E-state index is 0.0864. The van der Waals surface area contributed by atoms with Crippen molar-refractivity contribution in [1.82, 2.24) is 5.32 Å². The Morgan fingerprint density at radius 1 is 1.27 bits per heavy atom. The third kappa shape index (κ3) is 6.03. The first-order chi connectivity index (χ1) is 10.4. The van der Waals surface area contributed by atoms with E-state index in [0.29, 0.717) is 29.6 Å². The van der Waals surface area contributed by atoms with E-state index in [4.69, 9.17) is 14.6 Å². The molecule has 0 saturated carbocycles. The van der Waals surface area contributed by atoms with Gasteiger partial charge in [0.15, 0.2) is 11.5 Å². The average molecular weight is 309 g/mol. The van der Waals surface area contributed by atoms with Crippen molar-refractivity contribution in [2.45, 2.75) is 26.7 Å². The van der Waals surface area contributed by atoms with Gasteiger partial charge in [0.05, 0.1) is 20.1 Å². The first-order valence-corrected chi connectivity index (χ1v) is 7.25. The second-order valence-corrected chi connectivity index (χ2v) is 5.30. The first kappa shape index (κ1) is 17.8. The van der Waals surface area contributed by atoms with Gasteiger partial charge in [0.1, 0.15) is 0 Å². The maximum Gasteiger partial charge on any atom is 0.305 e. The Labute approximate surface area is 130 Å². The largest absolute Gasteiger partial charge is 0.493 e. The summed E-state index contributed by atoms with van der Waals surface area (Å²) in [5.74, 6) is 0.324. The molecule has 6 heteroatoms. The minimum Gasteiger partial charge on any atom is -0.493 e. The molecular weight excluding hydrogens is 286 g/mol. The standard InChI is InChI=1S/C16H23NO5/c1-11(2)7-9-22-13-5-4-12(10-14(13)21-3)16(20)17-8-6-15(18)19/h4-5,10-11H,6-9H2,1-3H3,(H,17,20)(H,18,19). The van der Waals surface area contributed by atoms with Crippen LogP contribution in [0.25, 0.3) is 0 Å². The van der Waals surface area contributed by atoms with Gasteiger partial charge in [-0.25, -0.2) is 0 Å². The molecule has 0 aromatic heterocycles. The first-order valence-electron chi connectivity index (χ1n) is 7.25. The van der Waals surface area contributed by atoms with Crippen LogP contribution in [-0.2, 0) is 4.79 Å². The van der Waals surface area contributed by atoms with Crippen molar-refractivity contribution in [3.63, 3.8) is 0 Å². The number of aliphatic carboxylic acids is 1. The number of nitrogens with one attached hydrogen (secondary N) is 1. The zero-order valence-corrected chi connectivity index (χ0v) is 13.2. The zero-order valence-electron chi connectivity index (χ0n) is 13.2. The Morgan fingerprint density at radius 3 is 2.59 bits per heavy atom. The maximum absolute atomic E-state index is 11.9. The molecule has 0 unspecified atom stereocenters. The molecule has 122 valence electrons. The zero-order chi connectivity index (χ0) is 16.5. The van der Waals surface area contributed by atoms with Crippen molar-refractivity contribution in [1.29, 1.82) is 0 Å². The summed E-state index contributed by atoms with van der Waals surface area (Å²) in [6, 6.07) is 4.90. The molecule has 6 nitrogen and oxygen atoms in total. The molecule has 1 rings (SSSR count). The van der Waals surface area contributed by atoms with Crippen LogP contribution in [0.3, 0.4) is 0 Å². The molecule has 1 amide bonds. The quantitative estimate of drug-likeness (QED) is 0.731. The Kier molecular flexibility index (Phi) is 7.22. The highest BCUT2D eigenvalue weighted by molar-refractivity contribution is 5.95. The summed E-state index contributed by atoms with van der Waals surface area (Å²) in [5, 5.41) is 11.1. The summed E-state index contributed by atoms with van der Waals surface area (Å²) in [6.07, 6.45) is 0.819. The highest BCUT2D eigenvalue weighted by Crippen LogP contribution is 2.28. The summed E-state index contributed by atoms with van der Waals surface area (Å²) < 4.78 is 10.9. The van der Waals surface area contributed by atoms with Gasteiger partial charge in [-0.15, -0.1) is 0 Å². The Morgan fingerprint density at radius 2 is 2.00 bits per heavy atom. The van der Waals surface area contributed by atoms with Crippen molar-refractivity contribution in [3.05, 3.63) is 23.8 Å². The van der Waals surface area contributed by atoms with Gasteiger partial charge >= 0.3 is 5.97 Å². The van der Waals surface area contributed by atoms with Crippen molar-refractivity contribution in [2.75, 3.05) is 20.3 Å². The number of amides is 1. The number of hydrogen-bond acceptors (Lipinski definition) is 4. The third-order valence-electron chi connectivity index (χ3n) is 3.00. The Balaban J connectivity index is 2.66. The van der Waals surface area contributed by atoms with Gasteiger partial charge in [0.2, 0.25) is 0 Å². The van der Waals surface area contributed by atoms with Gasteiger partial charge in [0, 0.05) is 12.1 Å². The number of carbonyl (C=O) groups excluding carboxylic acids is 1. The van der Waals surface area contributed by atoms with Crippen LogP contribution in [0, 0.1) is 5.92 Å². The van der Waals surface area contributed by atoms with Gasteiger partial charge in [0.25, 0.3) is 5.91 Å². The topological polar surface area (TPSA) is 84.9 Å². The fraction of sp³-hybridized carbons (Fsp3) is 0.500.